The van der Waals surface area contributed by atoms with Crippen molar-refractivity contribution < 1.29 is 14.3 Å². The second-order valence-electron chi connectivity index (χ2n) is 3.06. The zero-order chi connectivity index (χ0) is 12.0. The van der Waals surface area contributed by atoms with Gasteiger partial charge in [0.1, 0.15) is 5.75 Å². The Labute approximate surface area is 93.7 Å². The summed E-state index contributed by atoms with van der Waals surface area (Å²) in [6.07, 6.45) is 2.19. The number of benzene rings is 1. The molecule has 1 aromatic rings. The highest BCUT2D eigenvalue weighted by molar-refractivity contribution is 6.07. The van der Waals surface area contributed by atoms with E-state index in [2.05, 4.69) is 0 Å². The average Bonchev–Trinajstić information content (AvgIpc) is 2.27. The van der Waals surface area contributed by atoms with Crippen molar-refractivity contribution in [2.45, 2.75) is 6.92 Å². The summed E-state index contributed by atoms with van der Waals surface area (Å²) in [4.78, 5) is 21.9. The number of hydrogen-bond donors (Lipinski definition) is 1. The molecule has 0 atom stereocenters. The van der Waals surface area contributed by atoms with Crippen LogP contribution in [0.15, 0.2) is 36.4 Å². The molecule has 1 rings (SSSR count). The van der Waals surface area contributed by atoms with Crippen LogP contribution in [0.1, 0.15) is 17.3 Å². The number of ether oxygens (including phenoxy) is 1. The van der Waals surface area contributed by atoms with Crippen LogP contribution >= 0.6 is 0 Å². The molecule has 0 bridgehead atoms. The molecule has 0 fully saturated rings. The van der Waals surface area contributed by atoms with Gasteiger partial charge in [0, 0.05) is 11.6 Å². The molecule has 0 saturated heterocycles. The van der Waals surface area contributed by atoms with E-state index >= 15 is 0 Å². The minimum Gasteiger partial charge on any atom is -0.494 e. The van der Waals surface area contributed by atoms with Crippen molar-refractivity contribution in [1.82, 2.24) is 0 Å². The minimum atomic E-state index is -0.640. The Bertz CT molecular complexity index is 407. The summed E-state index contributed by atoms with van der Waals surface area (Å²) in [7, 11) is 0. The van der Waals surface area contributed by atoms with Crippen LogP contribution in [0.25, 0.3) is 0 Å². The average molecular weight is 219 g/mol. The van der Waals surface area contributed by atoms with Crippen LogP contribution in [-0.4, -0.2) is 18.3 Å². The van der Waals surface area contributed by atoms with Crippen LogP contribution < -0.4 is 10.5 Å². The lowest BCUT2D eigenvalue weighted by molar-refractivity contribution is -0.113. The number of carbonyl (C=O) groups excluding carboxylic acids is 2. The van der Waals surface area contributed by atoms with E-state index in [4.69, 9.17) is 10.5 Å². The minimum absolute atomic E-state index is 0.262. The number of allylic oxidation sites excluding steroid dienone is 1. The molecule has 0 aliphatic heterocycles. The predicted molar refractivity (Wildman–Crippen MR) is 60.3 cm³/mol. The molecular formula is C12H13NO3. The van der Waals surface area contributed by atoms with Gasteiger partial charge in [0.25, 0.3) is 0 Å². The van der Waals surface area contributed by atoms with Gasteiger partial charge in [-0.3, -0.25) is 9.59 Å². The molecule has 4 nitrogen and oxygen atoms in total. The second-order valence-corrected chi connectivity index (χ2v) is 3.06. The van der Waals surface area contributed by atoms with Gasteiger partial charge in [-0.2, -0.15) is 0 Å². The van der Waals surface area contributed by atoms with Gasteiger partial charge < -0.3 is 10.5 Å². The first-order valence-electron chi connectivity index (χ1n) is 4.88. The summed E-state index contributed by atoms with van der Waals surface area (Å²) >= 11 is 0. The zero-order valence-corrected chi connectivity index (χ0v) is 8.97. The van der Waals surface area contributed by atoms with Gasteiger partial charge in [-0.05, 0) is 37.3 Å². The summed E-state index contributed by atoms with van der Waals surface area (Å²) in [5.41, 5.74) is 5.37. The molecule has 16 heavy (non-hydrogen) atoms. The van der Waals surface area contributed by atoms with Crippen LogP contribution in [0.4, 0.5) is 0 Å². The summed E-state index contributed by atoms with van der Waals surface area (Å²) in [5, 5.41) is 0. The van der Waals surface area contributed by atoms with Crippen LogP contribution in [0.5, 0.6) is 5.75 Å². The highest BCUT2D eigenvalue weighted by Crippen LogP contribution is 2.12. The molecule has 0 radical (unpaired) electrons. The normalized spacial score (nSPS) is 10.3. The lowest BCUT2D eigenvalue weighted by atomic mass is 10.1. The Balaban J connectivity index is 2.74. The van der Waals surface area contributed by atoms with Gasteiger partial charge in [-0.15, -0.1) is 0 Å². The number of rotatable bonds is 5. The van der Waals surface area contributed by atoms with Crippen molar-refractivity contribution in [3.8, 4) is 5.75 Å². The van der Waals surface area contributed by atoms with E-state index in [1.54, 1.807) is 24.3 Å². The monoisotopic (exact) mass is 219 g/mol. The maximum atomic E-state index is 11.5. The molecule has 4 heteroatoms. The van der Waals surface area contributed by atoms with E-state index in [-0.39, 0.29) is 5.78 Å². The fraction of sp³-hybridized carbons (Fsp3) is 0.167. The fourth-order valence-corrected chi connectivity index (χ4v) is 1.14. The summed E-state index contributed by atoms with van der Waals surface area (Å²) in [6.45, 7) is 2.46. The molecule has 0 unspecified atom stereocenters. The molecule has 0 aliphatic carbocycles. The van der Waals surface area contributed by atoms with Gasteiger partial charge in [0.2, 0.25) is 5.91 Å². The standard InChI is InChI=1S/C12H13NO3/c1-2-16-10-5-3-9(4-6-10)11(14)7-8-12(13)15/h3-8H,2H2,1H3,(H2,13,15)/b8-7+. The third-order valence-electron chi connectivity index (χ3n) is 1.85. The fourth-order valence-electron chi connectivity index (χ4n) is 1.14. The molecule has 84 valence electrons. The van der Waals surface area contributed by atoms with E-state index in [0.717, 1.165) is 12.2 Å². The maximum Gasteiger partial charge on any atom is 0.241 e. The molecule has 2 N–H and O–H groups in total. The molecule has 1 amide bonds. The Kier molecular flexibility index (Phi) is 4.27. The maximum absolute atomic E-state index is 11.5. The Morgan fingerprint density at radius 2 is 1.88 bits per heavy atom. The first kappa shape index (κ1) is 12.0. The molecule has 0 spiro atoms. The number of nitrogens with two attached hydrogens (primary N) is 1. The topological polar surface area (TPSA) is 69.4 Å². The number of amides is 1. The van der Waals surface area contributed by atoms with Crippen LogP contribution in [0.3, 0.4) is 0 Å². The van der Waals surface area contributed by atoms with Crippen molar-refractivity contribution in [2.24, 2.45) is 5.73 Å². The van der Waals surface area contributed by atoms with Crippen molar-refractivity contribution in [3.63, 3.8) is 0 Å². The number of hydrogen-bond acceptors (Lipinski definition) is 3. The van der Waals surface area contributed by atoms with E-state index in [1.165, 1.54) is 0 Å². The Morgan fingerprint density at radius 1 is 1.25 bits per heavy atom. The molecule has 0 saturated carbocycles. The van der Waals surface area contributed by atoms with Gasteiger partial charge in [-0.25, -0.2) is 0 Å². The lowest BCUT2D eigenvalue weighted by Crippen LogP contribution is -2.07. The van der Waals surface area contributed by atoms with Crippen molar-refractivity contribution in [3.05, 3.63) is 42.0 Å². The third kappa shape index (κ3) is 3.57. The van der Waals surface area contributed by atoms with E-state index in [1.807, 2.05) is 6.92 Å². The van der Waals surface area contributed by atoms with Crippen LogP contribution in [0.2, 0.25) is 0 Å². The number of carbonyl (C=O) groups is 2. The Morgan fingerprint density at radius 3 is 2.38 bits per heavy atom. The van der Waals surface area contributed by atoms with Crippen LogP contribution in [0, 0.1) is 0 Å². The van der Waals surface area contributed by atoms with E-state index in [9.17, 15) is 9.59 Å². The van der Waals surface area contributed by atoms with Crippen LogP contribution in [-0.2, 0) is 4.79 Å². The van der Waals surface area contributed by atoms with Gasteiger partial charge in [0.05, 0.1) is 6.61 Å². The smallest absolute Gasteiger partial charge is 0.241 e. The molecule has 0 aliphatic rings. The van der Waals surface area contributed by atoms with E-state index in [0.29, 0.717) is 17.9 Å². The first-order valence-corrected chi connectivity index (χ1v) is 4.88. The highest BCUT2D eigenvalue weighted by atomic mass is 16.5. The van der Waals surface area contributed by atoms with Gasteiger partial charge >= 0.3 is 0 Å². The SMILES string of the molecule is CCOc1ccc(C(=O)/C=C/C(N)=O)cc1. The zero-order valence-electron chi connectivity index (χ0n) is 8.97. The quantitative estimate of drug-likeness (QED) is 0.599. The molecule has 0 aromatic heterocycles. The molecule has 0 heterocycles. The highest BCUT2D eigenvalue weighted by Gasteiger charge is 2.02. The second kappa shape index (κ2) is 5.70. The predicted octanol–water partition coefficient (Wildman–Crippen LogP) is 1.31. The van der Waals surface area contributed by atoms with Gasteiger partial charge in [-0.1, -0.05) is 0 Å². The number of primary amides is 1. The van der Waals surface area contributed by atoms with Crippen molar-refractivity contribution in [1.29, 1.82) is 0 Å². The van der Waals surface area contributed by atoms with Gasteiger partial charge in [0.15, 0.2) is 5.78 Å². The Hall–Kier alpha value is -2.10. The molecular weight excluding hydrogens is 206 g/mol. The first-order chi connectivity index (χ1) is 7.63. The largest absolute Gasteiger partial charge is 0.494 e. The van der Waals surface area contributed by atoms with E-state index < -0.39 is 5.91 Å². The number of ketones is 1. The summed E-state index contributed by atoms with van der Waals surface area (Å²) in [6, 6.07) is 6.68. The summed E-state index contributed by atoms with van der Waals surface area (Å²) < 4.78 is 5.24. The van der Waals surface area contributed by atoms with Crippen molar-refractivity contribution in [2.75, 3.05) is 6.61 Å². The summed E-state index contributed by atoms with van der Waals surface area (Å²) in [5.74, 6) is -0.195. The lowest BCUT2D eigenvalue weighted by Gasteiger charge is -2.02. The third-order valence-corrected chi connectivity index (χ3v) is 1.85. The molecule has 1 aromatic carbocycles. The van der Waals surface area contributed by atoms with Crippen molar-refractivity contribution >= 4 is 11.7 Å².